The van der Waals surface area contributed by atoms with Gasteiger partial charge in [0.25, 0.3) is 5.91 Å². The summed E-state index contributed by atoms with van der Waals surface area (Å²) < 4.78 is 14.1. The van der Waals surface area contributed by atoms with Crippen molar-refractivity contribution < 1.29 is 9.18 Å². The fourth-order valence-corrected chi connectivity index (χ4v) is 3.94. The first-order chi connectivity index (χ1) is 14.1. The number of halogens is 1. The van der Waals surface area contributed by atoms with Crippen molar-refractivity contribution in [1.29, 1.82) is 0 Å². The minimum Gasteiger partial charge on any atom is -0.301 e. The van der Waals surface area contributed by atoms with Gasteiger partial charge in [0.05, 0.1) is 11.7 Å². The first-order valence-corrected chi connectivity index (χ1v) is 10.0. The molecule has 29 heavy (non-hydrogen) atoms. The molecule has 1 amide bonds. The summed E-state index contributed by atoms with van der Waals surface area (Å²) in [5.41, 5.74) is 5.59. The number of anilines is 1. The highest BCUT2D eigenvalue weighted by atomic mass is 19.1. The van der Waals surface area contributed by atoms with E-state index in [9.17, 15) is 9.18 Å². The number of rotatable bonds is 4. The summed E-state index contributed by atoms with van der Waals surface area (Å²) in [7, 11) is 0. The molecule has 146 valence electrons. The van der Waals surface area contributed by atoms with Crippen molar-refractivity contribution in [2.75, 3.05) is 4.90 Å². The number of hydrogen-bond donors (Lipinski definition) is 0. The average Bonchev–Trinajstić information content (AvgIpc) is 2.74. The molecule has 3 aromatic rings. The van der Waals surface area contributed by atoms with E-state index >= 15 is 0 Å². The number of fused-ring (bicyclic) bond motifs is 1. The molecule has 1 atom stereocenters. The first kappa shape index (κ1) is 19.1. The van der Waals surface area contributed by atoms with Crippen LogP contribution < -0.4 is 4.90 Å². The second-order valence-electron chi connectivity index (χ2n) is 7.48. The quantitative estimate of drug-likeness (QED) is 0.534. The van der Waals surface area contributed by atoms with Crippen molar-refractivity contribution in [2.45, 2.75) is 32.7 Å². The Hall–Kier alpha value is -3.20. The van der Waals surface area contributed by atoms with E-state index in [1.165, 1.54) is 17.7 Å². The second-order valence-corrected chi connectivity index (χ2v) is 7.48. The molecule has 0 bridgehead atoms. The van der Waals surface area contributed by atoms with E-state index in [-0.39, 0.29) is 17.8 Å². The Morgan fingerprint density at radius 1 is 0.966 bits per heavy atom. The number of amides is 1. The van der Waals surface area contributed by atoms with E-state index in [0.29, 0.717) is 12.0 Å². The molecule has 0 spiro atoms. The van der Waals surface area contributed by atoms with Crippen molar-refractivity contribution in [3.63, 3.8) is 0 Å². The average molecular weight is 385 g/mol. The van der Waals surface area contributed by atoms with Crippen LogP contribution in [0.3, 0.4) is 0 Å². The van der Waals surface area contributed by atoms with Crippen LogP contribution >= 0.6 is 0 Å². The van der Waals surface area contributed by atoms with Gasteiger partial charge in [-0.05, 0) is 66.8 Å². The van der Waals surface area contributed by atoms with Crippen molar-refractivity contribution >= 4 is 17.2 Å². The Labute approximate surface area is 171 Å². The Kier molecular flexibility index (Phi) is 5.30. The van der Waals surface area contributed by atoms with Crippen molar-refractivity contribution in [1.82, 2.24) is 0 Å². The highest BCUT2D eigenvalue weighted by Crippen LogP contribution is 2.37. The number of nitrogens with zero attached hydrogens (tertiary/aromatic N) is 1. The summed E-state index contributed by atoms with van der Waals surface area (Å²) in [5, 5.41) is 0. The van der Waals surface area contributed by atoms with Gasteiger partial charge in [0.2, 0.25) is 0 Å². The van der Waals surface area contributed by atoms with Gasteiger partial charge in [-0.3, -0.25) is 4.79 Å². The summed E-state index contributed by atoms with van der Waals surface area (Å²) in [5.74, 6) is -0.361. The van der Waals surface area contributed by atoms with Crippen LogP contribution in [0.5, 0.6) is 0 Å². The zero-order valence-corrected chi connectivity index (χ0v) is 16.7. The van der Waals surface area contributed by atoms with E-state index in [4.69, 9.17) is 0 Å². The highest BCUT2D eigenvalue weighted by Gasteiger charge is 2.29. The Morgan fingerprint density at radius 2 is 1.69 bits per heavy atom. The smallest absolute Gasteiger partial charge is 0.258 e. The molecule has 3 heteroatoms. The lowest BCUT2D eigenvalue weighted by Crippen LogP contribution is -2.40. The maximum absolute atomic E-state index is 14.1. The van der Waals surface area contributed by atoms with Crippen LogP contribution in [0.4, 0.5) is 10.1 Å². The van der Waals surface area contributed by atoms with Crippen LogP contribution in [-0.4, -0.2) is 11.9 Å². The van der Waals surface area contributed by atoms with Gasteiger partial charge in [-0.1, -0.05) is 55.5 Å². The van der Waals surface area contributed by atoms with Gasteiger partial charge in [-0.2, -0.15) is 0 Å². The molecule has 0 saturated heterocycles. The number of hydrogen-bond acceptors (Lipinski definition) is 1. The lowest BCUT2D eigenvalue weighted by Gasteiger charge is -2.34. The second kappa shape index (κ2) is 8.04. The van der Waals surface area contributed by atoms with Gasteiger partial charge in [0.15, 0.2) is 0 Å². The van der Waals surface area contributed by atoms with Crippen molar-refractivity contribution in [2.24, 2.45) is 0 Å². The first-order valence-electron chi connectivity index (χ1n) is 10.0. The zero-order valence-electron chi connectivity index (χ0n) is 16.7. The molecule has 0 saturated carbocycles. The minimum atomic E-state index is -0.294. The van der Waals surface area contributed by atoms with Crippen LogP contribution in [0.2, 0.25) is 0 Å². The van der Waals surface area contributed by atoms with E-state index in [2.05, 4.69) is 25.1 Å². The monoisotopic (exact) mass is 385 g/mol. The highest BCUT2D eigenvalue weighted by molar-refractivity contribution is 6.09. The number of allylic oxidation sites excluding steroid dienone is 1. The van der Waals surface area contributed by atoms with Gasteiger partial charge >= 0.3 is 0 Å². The van der Waals surface area contributed by atoms with E-state index in [0.717, 1.165) is 28.8 Å². The number of carbonyl (C=O) groups is 1. The molecule has 2 nitrogen and oxygen atoms in total. The molecule has 0 N–H and O–H groups in total. The predicted molar refractivity (Wildman–Crippen MR) is 117 cm³/mol. The Morgan fingerprint density at radius 3 is 2.38 bits per heavy atom. The maximum Gasteiger partial charge on any atom is 0.258 e. The standard InChI is InChI=1S/C26H24FNO/c1-3-19-9-11-21(12-10-19)26(29)28-18(2)15-22(16-20-7-5-4-6-8-20)24-17-23(27)13-14-25(24)28/h4-15,17-18H,3,16H2,1-2H3. The molecular weight excluding hydrogens is 361 g/mol. The molecule has 1 aliphatic heterocycles. The van der Waals surface area contributed by atoms with Gasteiger partial charge < -0.3 is 4.90 Å². The molecule has 3 aromatic carbocycles. The molecule has 4 rings (SSSR count). The van der Waals surface area contributed by atoms with Gasteiger partial charge in [-0.15, -0.1) is 0 Å². The summed E-state index contributed by atoms with van der Waals surface area (Å²) in [6.45, 7) is 4.10. The largest absolute Gasteiger partial charge is 0.301 e. The summed E-state index contributed by atoms with van der Waals surface area (Å²) in [6.07, 6.45) is 3.71. The third-order valence-electron chi connectivity index (χ3n) is 5.48. The molecule has 0 aliphatic carbocycles. The molecule has 0 aromatic heterocycles. The lowest BCUT2D eigenvalue weighted by atomic mass is 9.90. The molecule has 0 fully saturated rings. The SMILES string of the molecule is CCc1ccc(C(=O)N2c3ccc(F)cc3C(Cc3ccccc3)=CC2C)cc1. The van der Waals surface area contributed by atoms with Crippen LogP contribution in [0.25, 0.3) is 5.57 Å². The van der Waals surface area contributed by atoms with Crippen molar-refractivity contribution in [3.05, 3.63) is 107 Å². The Balaban J connectivity index is 1.73. The number of carbonyl (C=O) groups excluding carboxylic acids is 1. The molecular formula is C26H24FNO. The topological polar surface area (TPSA) is 20.3 Å². The van der Waals surface area contributed by atoms with E-state index in [1.807, 2.05) is 49.4 Å². The van der Waals surface area contributed by atoms with Crippen LogP contribution in [0, 0.1) is 5.82 Å². The maximum atomic E-state index is 14.1. The third kappa shape index (κ3) is 3.86. The van der Waals surface area contributed by atoms with Crippen LogP contribution in [0.15, 0.2) is 78.9 Å². The van der Waals surface area contributed by atoms with Gasteiger partial charge in [0, 0.05) is 11.1 Å². The summed E-state index contributed by atoms with van der Waals surface area (Å²) in [6, 6.07) is 22.4. The van der Waals surface area contributed by atoms with Gasteiger partial charge in [0.1, 0.15) is 5.82 Å². The zero-order chi connectivity index (χ0) is 20.4. The minimum absolute atomic E-state index is 0.0666. The predicted octanol–water partition coefficient (Wildman–Crippen LogP) is 6.06. The number of aryl methyl sites for hydroxylation is 1. The molecule has 1 unspecified atom stereocenters. The van der Waals surface area contributed by atoms with E-state index < -0.39 is 0 Å². The van der Waals surface area contributed by atoms with E-state index in [1.54, 1.807) is 11.0 Å². The number of benzene rings is 3. The van der Waals surface area contributed by atoms with Crippen molar-refractivity contribution in [3.8, 4) is 0 Å². The van der Waals surface area contributed by atoms with Crippen LogP contribution in [0.1, 0.15) is 40.9 Å². The van der Waals surface area contributed by atoms with Gasteiger partial charge in [-0.25, -0.2) is 4.39 Å². The fourth-order valence-electron chi connectivity index (χ4n) is 3.94. The molecule has 1 aliphatic rings. The lowest BCUT2D eigenvalue weighted by molar-refractivity contribution is 0.0982. The van der Waals surface area contributed by atoms with Crippen LogP contribution in [-0.2, 0) is 12.8 Å². The Bertz CT molecular complexity index is 1050. The molecule has 1 heterocycles. The third-order valence-corrected chi connectivity index (χ3v) is 5.48. The summed E-state index contributed by atoms with van der Waals surface area (Å²) in [4.78, 5) is 15.1. The fraction of sp³-hybridized carbons (Fsp3) is 0.192. The normalized spacial score (nSPS) is 15.6. The summed E-state index contributed by atoms with van der Waals surface area (Å²) >= 11 is 0. The molecule has 0 radical (unpaired) electrons.